The molecular weight excluding hydrogens is 232 g/mol. The van der Waals surface area contributed by atoms with Crippen molar-refractivity contribution in [3.63, 3.8) is 0 Å². The lowest BCUT2D eigenvalue weighted by atomic mass is 10.1. The van der Waals surface area contributed by atoms with Crippen molar-refractivity contribution in [3.05, 3.63) is 22.9 Å². The maximum atomic E-state index is 11.5. The standard InChI is InChI=1S/C12H20N4O2/c1-7-4-8(2)15-12(10(7)11(14)17)16-9(5-13)6-18-3/h4,9H,5-6,13H2,1-3H3,(H2,14,17)(H,15,16). The minimum Gasteiger partial charge on any atom is -0.383 e. The zero-order chi connectivity index (χ0) is 13.7. The minimum atomic E-state index is -0.504. The number of nitrogens with two attached hydrogens (primary N) is 2. The van der Waals surface area contributed by atoms with Crippen LogP contribution in [0.4, 0.5) is 5.82 Å². The number of nitrogens with zero attached hydrogens (tertiary/aromatic N) is 1. The number of nitrogens with one attached hydrogen (secondary N) is 1. The number of aromatic nitrogens is 1. The second-order valence-corrected chi connectivity index (χ2v) is 4.20. The molecular formula is C12H20N4O2. The van der Waals surface area contributed by atoms with E-state index < -0.39 is 5.91 Å². The summed E-state index contributed by atoms with van der Waals surface area (Å²) >= 11 is 0. The highest BCUT2D eigenvalue weighted by atomic mass is 16.5. The number of hydrogen-bond acceptors (Lipinski definition) is 5. The van der Waals surface area contributed by atoms with Gasteiger partial charge in [0.1, 0.15) is 5.82 Å². The van der Waals surface area contributed by atoms with Crippen LogP contribution in [0.15, 0.2) is 6.07 Å². The van der Waals surface area contributed by atoms with Crippen LogP contribution in [0.3, 0.4) is 0 Å². The van der Waals surface area contributed by atoms with Crippen LogP contribution in [-0.2, 0) is 4.74 Å². The minimum absolute atomic E-state index is 0.109. The topological polar surface area (TPSA) is 103 Å². The van der Waals surface area contributed by atoms with Crippen LogP contribution < -0.4 is 16.8 Å². The number of carbonyl (C=O) groups excluding carboxylic acids is 1. The SMILES string of the molecule is COCC(CN)Nc1nc(C)cc(C)c1C(N)=O. The van der Waals surface area contributed by atoms with E-state index in [1.807, 2.05) is 19.9 Å². The van der Waals surface area contributed by atoms with Gasteiger partial charge in [0.25, 0.3) is 5.91 Å². The fourth-order valence-electron chi connectivity index (χ4n) is 1.82. The van der Waals surface area contributed by atoms with Gasteiger partial charge in [-0.25, -0.2) is 4.98 Å². The maximum Gasteiger partial charge on any atom is 0.252 e. The number of ether oxygens (including phenoxy) is 1. The Morgan fingerprint density at radius 2 is 2.22 bits per heavy atom. The Bertz CT molecular complexity index is 434. The van der Waals surface area contributed by atoms with Gasteiger partial charge in [-0.05, 0) is 25.5 Å². The van der Waals surface area contributed by atoms with Crippen LogP contribution in [0.2, 0.25) is 0 Å². The summed E-state index contributed by atoms with van der Waals surface area (Å²) in [7, 11) is 1.59. The van der Waals surface area contributed by atoms with E-state index in [1.54, 1.807) is 7.11 Å². The molecule has 6 nitrogen and oxygen atoms in total. The first-order valence-corrected chi connectivity index (χ1v) is 5.73. The summed E-state index contributed by atoms with van der Waals surface area (Å²) in [6.45, 7) is 4.49. The second-order valence-electron chi connectivity index (χ2n) is 4.20. The zero-order valence-electron chi connectivity index (χ0n) is 11.0. The Labute approximate surface area is 107 Å². The third-order valence-corrected chi connectivity index (χ3v) is 2.58. The summed E-state index contributed by atoms with van der Waals surface area (Å²) < 4.78 is 5.04. The first-order chi connectivity index (χ1) is 8.49. The summed E-state index contributed by atoms with van der Waals surface area (Å²) in [5, 5.41) is 3.10. The van der Waals surface area contributed by atoms with Crippen molar-refractivity contribution in [2.45, 2.75) is 19.9 Å². The van der Waals surface area contributed by atoms with Crippen LogP contribution in [0.5, 0.6) is 0 Å². The number of hydrogen-bond donors (Lipinski definition) is 3. The molecule has 18 heavy (non-hydrogen) atoms. The van der Waals surface area contributed by atoms with Crippen molar-refractivity contribution >= 4 is 11.7 Å². The smallest absolute Gasteiger partial charge is 0.252 e. The lowest BCUT2D eigenvalue weighted by Crippen LogP contribution is -2.34. The number of methoxy groups -OCH3 is 1. The number of anilines is 1. The van der Waals surface area contributed by atoms with Crippen molar-refractivity contribution < 1.29 is 9.53 Å². The average Bonchev–Trinajstić information content (AvgIpc) is 2.26. The molecule has 5 N–H and O–H groups in total. The predicted octanol–water partition coefficient (Wildman–Crippen LogP) is 0.183. The molecule has 1 rings (SSSR count). The summed E-state index contributed by atoms with van der Waals surface area (Å²) in [5.41, 5.74) is 13.0. The van der Waals surface area contributed by atoms with E-state index >= 15 is 0 Å². The Hall–Kier alpha value is -1.66. The highest BCUT2D eigenvalue weighted by molar-refractivity contribution is 5.99. The van der Waals surface area contributed by atoms with E-state index in [-0.39, 0.29) is 6.04 Å². The lowest BCUT2D eigenvalue weighted by Gasteiger charge is -2.19. The number of carbonyl (C=O) groups is 1. The molecule has 0 aliphatic carbocycles. The van der Waals surface area contributed by atoms with Crippen molar-refractivity contribution in [2.24, 2.45) is 11.5 Å². The molecule has 0 spiro atoms. The van der Waals surface area contributed by atoms with E-state index in [2.05, 4.69) is 10.3 Å². The van der Waals surface area contributed by atoms with E-state index in [9.17, 15) is 4.79 Å². The molecule has 1 aromatic rings. The molecule has 0 bridgehead atoms. The normalized spacial score (nSPS) is 12.2. The Balaban J connectivity index is 3.09. The van der Waals surface area contributed by atoms with Crippen LogP contribution in [-0.4, -0.2) is 37.2 Å². The van der Waals surface area contributed by atoms with Crippen molar-refractivity contribution in [3.8, 4) is 0 Å². The fraction of sp³-hybridized carbons (Fsp3) is 0.500. The number of amides is 1. The van der Waals surface area contributed by atoms with E-state index in [1.165, 1.54) is 0 Å². The van der Waals surface area contributed by atoms with Gasteiger partial charge in [-0.2, -0.15) is 0 Å². The molecule has 1 atom stereocenters. The van der Waals surface area contributed by atoms with Crippen LogP contribution in [0.1, 0.15) is 21.6 Å². The molecule has 1 aromatic heterocycles. The van der Waals surface area contributed by atoms with Crippen molar-refractivity contribution in [1.82, 2.24) is 4.98 Å². The number of primary amides is 1. The zero-order valence-corrected chi connectivity index (χ0v) is 11.0. The molecule has 0 aliphatic rings. The second kappa shape index (κ2) is 6.32. The average molecular weight is 252 g/mol. The molecule has 0 saturated carbocycles. The van der Waals surface area contributed by atoms with Crippen LogP contribution in [0.25, 0.3) is 0 Å². The third kappa shape index (κ3) is 3.41. The van der Waals surface area contributed by atoms with E-state index in [0.29, 0.717) is 24.5 Å². The molecule has 0 radical (unpaired) electrons. The van der Waals surface area contributed by atoms with Gasteiger partial charge in [0.2, 0.25) is 0 Å². The molecule has 0 saturated heterocycles. The Kier molecular flexibility index (Phi) is 5.06. The maximum absolute atomic E-state index is 11.5. The van der Waals surface area contributed by atoms with Gasteiger partial charge in [-0.3, -0.25) is 4.79 Å². The van der Waals surface area contributed by atoms with Gasteiger partial charge in [-0.15, -0.1) is 0 Å². The third-order valence-electron chi connectivity index (χ3n) is 2.58. The van der Waals surface area contributed by atoms with E-state index in [4.69, 9.17) is 16.2 Å². The quantitative estimate of drug-likeness (QED) is 0.670. The molecule has 0 aromatic carbocycles. The van der Waals surface area contributed by atoms with Crippen LogP contribution in [0, 0.1) is 13.8 Å². The van der Waals surface area contributed by atoms with Crippen molar-refractivity contribution in [1.29, 1.82) is 0 Å². The highest BCUT2D eigenvalue weighted by Gasteiger charge is 2.16. The molecule has 100 valence electrons. The number of aryl methyl sites for hydroxylation is 2. The number of rotatable bonds is 6. The number of pyridine rings is 1. The summed E-state index contributed by atoms with van der Waals surface area (Å²) in [6, 6.07) is 1.71. The van der Waals surface area contributed by atoms with Crippen molar-refractivity contribution in [2.75, 3.05) is 25.6 Å². The Morgan fingerprint density at radius 3 is 2.72 bits per heavy atom. The Morgan fingerprint density at radius 1 is 1.56 bits per heavy atom. The summed E-state index contributed by atoms with van der Waals surface area (Å²) in [4.78, 5) is 15.8. The molecule has 0 fully saturated rings. The first kappa shape index (κ1) is 14.4. The summed E-state index contributed by atoms with van der Waals surface area (Å²) in [5.74, 6) is -0.0387. The predicted molar refractivity (Wildman–Crippen MR) is 70.6 cm³/mol. The molecule has 1 heterocycles. The lowest BCUT2D eigenvalue weighted by molar-refractivity contribution is 0.1000. The van der Waals surface area contributed by atoms with Gasteiger partial charge >= 0.3 is 0 Å². The monoisotopic (exact) mass is 252 g/mol. The van der Waals surface area contributed by atoms with Gasteiger partial charge in [0.15, 0.2) is 0 Å². The van der Waals surface area contributed by atoms with Gasteiger partial charge in [0, 0.05) is 19.3 Å². The summed E-state index contributed by atoms with van der Waals surface area (Å²) in [6.07, 6.45) is 0. The van der Waals surface area contributed by atoms with Gasteiger partial charge in [-0.1, -0.05) is 0 Å². The first-order valence-electron chi connectivity index (χ1n) is 5.73. The molecule has 1 unspecified atom stereocenters. The molecule has 0 aliphatic heterocycles. The largest absolute Gasteiger partial charge is 0.383 e. The molecule has 6 heteroatoms. The highest BCUT2D eigenvalue weighted by Crippen LogP contribution is 2.18. The van der Waals surface area contributed by atoms with Gasteiger partial charge < -0.3 is 21.5 Å². The van der Waals surface area contributed by atoms with E-state index in [0.717, 1.165) is 11.3 Å². The molecule has 1 amide bonds. The fourth-order valence-corrected chi connectivity index (χ4v) is 1.82. The van der Waals surface area contributed by atoms with Crippen LogP contribution >= 0.6 is 0 Å². The van der Waals surface area contributed by atoms with Gasteiger partial charge in [0.05, 0.1) is 18.2 Å².